The van der Waals surface area contributed by atoms with E-state index in [1.807, 2.05) is 6.92 Å². The van der Waals surface area contributed by atoms with Crippen molar-refractivity contribution in [1.82, 2.24) is 15.0 Å². The molecule has 104 valence electrons. The van der Waals surface area contributed by atoms with Gasteiger partial charge in [-0.25, -0.2) is 0 Å². The van der Waals surface area contributed by atoms with E-state index in [-0.39, 0.29) is 5.28 Å². The average Bonchev–Trinajstić information content (AvgIpc) is 2.39. The molecule has 0 saturated heterocycles. The summed E-state index contributed by atoms with van der Waals surface area (Å²) in [4.78, 5) is 12.4. The molecule has 3 rings (SSSR count). The lowest BCUT2D eigenvalue weighted by Gasteiger charge is -2.30. The van der Waals surface area contributed by atoms with Gasteiger partial charge in [0.1, 0.15) is 0 Å². The lowest BCUT2D eigenvalue weighted by atomic mass is 9.78. The number of anilines is 2. The zero-order chi connectivity index (χ0) is 13.9. The maximum Gasteiger partial charge on any atom is 0.228 e. The summed E-state index contributed by atoms with van der Waals surface area (Å²) in [5.74, 6) is 1.54. The summed E-state index contributed by atoms with van der Waals surface area (Å²) in [5, 5.41) is 6.48. The molecule has 0 bridgehead atoms. The molecule has 2 N–H and O–H groups in total. The third-order valence-corrected chi connectivity index (χ3v) is 3.58. The molecule has 0 amide bonds. The predicted octanol–water partition coefficient (Wildman–Crippen LogP) is 2.71. The van der Waals surface area contributed by atoms with Crippen LogP contribution in [0.25, 0.3) is 0 Å². The van der Waals surface area contributed by atoms with Crippen LogP contribution in [0.2, 0.25) is 5.28 Å². The Labute approximate surface area is 122 Å². The van der Waals surface area contributed by atoms with Crippen molar-refractivity contribution in [2.75, 3.05) is 23.7 Å². The van der Waals surface area contributed by atoms with Gasteiger partial charge in [-0.3, -0.25) is 0 Å². The quantitative estimate of drug-likeness (QED) is 0.886. The first kappa shape index (κ1) is 13.1. The highest BCUT2D eigenvalue weighted by molar-refractivity contribution is 6.28. The first-order chi connectivity index (χ1) is 9.76. The van der Waals surface area contributed by atoms with E-state index in [9.17, 15) is 0 Å². The largest absolute Gasteiger partial charge is 0.354 e. The molecule has 1 aliphatic carbocycles. The van der Waals surface area contributed by atoms with Gasteiger partial charge in [0, 0.05) is 19.0 Å². The molecular formula is C14H16ClN5. The van der Waals surface area contributed by atoms with E-state index in [4.69, 9.17) is 11.6 Å². The van der Waals surface area contributed by atoms with Crippen LogP contribution in [0.4, 0.5) is 11.9 Å². The molecule has 1 unspecified atom stereocenters. The number of rotatable bonds is 5. The molecule has 0 aliphatic heterocycles. The Morgan fingerprint density at radius 3 is 2.65 bits per heavy atom. The predicted molar refractivity (Wildman–Crippen MR) is 80.4 cm³/mol. The molecule has 1 atom stereocenters. The molecular weight excluding hydrogens is 274 g/mol. The minimum atomic E-state index is 0.201. The second-order valence-electron chi connectivity index (χ2n) is 4.76. The van der Waals surface area contributed by atoms with Gasteiger partial charge in [0.25, 0.3) is 0 Å². The maximum absolute atomic E-state index is 5.89. The Kier molecular flexibility index (Phi) is 3.69. The van der Waals surface area contributed by atoms with Gasteiger partial charge in [-0.1, -0.05) is 24.3 Å². The minimum Gasteiger partial charge on any atom is -0.354 e. The van der Waals surface area contributed by atoms with Crippen molar-refractivity contribution >= 4 is 23.5 Å². The smallest absolute Gasteiger partial charge is 0.228 e. The SMILES string of the molecule is CCNc1nc(Cl)nc(NCC2Cc3ccccc32)n1. The van der Waals surface area contributed by atoms with Crippen molar-refractivity contribution < 1.29 is 0 Å². The molecule has 20 heavy (non-hydrogen) atoms. The summed E-state index contributed by atoms with van der Waals surface area (Å²) < 4.78 is 0. The van der Waals surface area contributed by atoms with Gasteiger partial charge in [-0.2, -0.15) is 15.0 Å². The Morgan fingerprint density at radius 1 is 1.15 bits per heavy atom. The van der Waals surface area contributed by atoms with Crippen molar-refractivity contribution in [3.63, 3.8) is 0 Å². The van der Waals surface area contributed by atoms with Crippen molar-refractivity contribution in [1.29, 1.82) is 0 Å². The lowest BCUT2D eigenvalue weighted by molar-refractivity contribution is 0.633. The van der Waals surface area contributed by atoms with E-state index >= 15 is 0 Å². The molecule has 1 aromatic heterocycles. The Morgan fingerprint density at radius 2 is 1.90 bits per heavy atom. The summed E-state index contributed by atoms with van der Waals surface area (Å²) in [7, 11) is 0. The standard InChI is InChI=1S/C14H16ClN5/c1-2-16-13-18-12(15)19-14(20-13)17-8-10-7-9-5-3-4-6-11(9)10/h3-6,10H,2,7-8H2,1H3,(H2,16,17,18,19,20). The zero-order valence-electron chi connectivity index (χ0n) is 11.2. The lowest BCUT2D eigenvalue weighted by Crippen LogP contribution is -2.25. The van der Waals surface area contributed by atoms with E-state index in [2.05, 4.69) is 49.9 Å². The summed E-state index contributed by atoms with van der Waals surface area (Å²) in [5.41, 5.74) is 2.84. The molecule has 0 saturated carbocycles. The number of benzene rings is 1. The highest BCUT2D eigenvalue weighted by atomic mass is 35.5. The van der Waals surface area contributed by atoms with Gasteiger partial charge in [0.15, 0.2) is 0 Å². The zero-order valence-corrected chi connectivity index (χ0v) is 12.0. The van der Waals surface area contributed by atoms with Crippen LogP contribution in [0.3, 0.4) is 0 Å². The van der Waals surface area contributed by atoms with E-state index in [1.54, 1.807) is 0 Å². The topological polar surface area (TPSA) is 62.7 Å². The van der Waals surface area contributed by atoms with Crippen LogP contribution in [0.15, 0.2) is 24.3 Å². The molecule has 1 aromatic carbocycles. The number of halogens is 1. The molecule has 1 aliphatic rings. The fourth-order valence-corrected chi connectivity index (χ4v) is 2.59. The molecule has 2 aromatic rings. The molecule has 0 radical (unpaired) electrons. The number of fused-ring (bicyclic) bond motifs is 1. The number of aromatic nitrogens is 3. The summed E-state index contributed by atoms with van der Waals surface area (Å²) in [6, 6.07) is 8.51. The van der Waals surface area contributed by atoms with E-state index in [1.165, 1.54) is 11.1 Å². The highest BCUT2D eigenvalue weighted by Crippen LogP contribution is 2.34. The molecule has 0 spiro atoms. The fourth-order valence-electron chi connectivity index (χ4n) is 2.43. The first-order valence-corrected chi connectivity index (χ1v) is 7.11. The third kappa shape index (κ3) is 2.67. The fraction of sp³-hybridized carbons (Fsp3) is 0.357. The van der Waals surface area contributed by atoms with Crippen LogP contribution in [-0.4, -0.2) is 28.0 Å². The van der Waals surface area contributed by atoms with Gasteiger partial charge >= 0.3 is 0 Å². The number of hydrogen-bond donors (Lipinski definition) is 2. The van der Waals surface area contributed by atoms with Crippen LogP contribution < -0.4 is 10.6 Å². The minimum absolute atomic E-state index is 0.201. The normalized spacial score (nSPS) is 16.2. The monoisotopic (exact) mass is 289 g/mol. The van der Waals surface area contributed by atoms with Crippen molar-refractivity contribution in [2.24, 2.45) is 0 Å². The highest BCUT2D eigenvalue weighted by Gasteiger charge is 2.25. The van der Waals surface area contributed by atoms with Gasteiger partial charge in [-0.05, 0) is 36.1 Å². The van der Waals surface area contributed by atoms with Crippen LogP contribution in [-0.2, 0) is 6.42 Å². The Hall–Kier alpha value is -1.88. The van der Waals surface area contributed by atoms with Crippen LogP contribution >= 0.6 is 11.6 Å². The Bertz CT molecular complexity index is 616. The summed E-state index contributed by atoms with van der Waals surface area (Å²) >= 11 is 5.89. The first-order valence-electron chi connectivity index (χ1n) is 6.73. The Balaban J connectivity index is 1.65. The maximum atomic E-state index is 5.89. The van der Waals surface area contributed by atoms with Crippen LogP contribution in [0, 0.1) is 0 Å². The van der Waals surface area contributed by atoms with Crippen molar-refractivity contribution in [2.45, 2.75) is 19.3 Å². The summed E-state index contributed by atoms with van der Waals surface area (Å²) in [6.07, 6.45) is 1.10. The van der Waals surface area contributed by atoms with Gasteiger partial charge in [-0.15, -0.1) is 0 Å². The van der Waals surface area contributed by atoms with Crippen molar-refractivity contribution in [3.8, 4) is 0 Å². The molecule has 5 nitrogen and oxygen atoms in total. The van der Waals surface area contributed by atoms with Gasteiger partial charge < -0.3 is 10.6 Å². The second kappa shape index (κ2) is 5.63. The number of nitrogens with one attached hydrogen (secondary N) is 2. The van der Waals surface area contributed by atoms with Gasteiger partial charge in [0.05, 0.1) is 0 Å². The third-order valence-electron chi connectivity index (χ3n) is 3.41. The van der Waals surface area contributed by atoms with E-state index < -0.39 is 0 Å². The van der Waals surface area contributed by atoms with Crippen LogP contribution in [0.1, 0.15) is 24.0 Å². The summed E-state index contributed by atoms with van der Waals surface area (Å²) in [6.45, 7) is 3.54. The van der Waals surface area contributed by atoms with Crippen LogP contribution in [0.5, 0.6) is 0 Å². The number of nitrogens with zero attached hydrogens (tertiary/aromatic N) is 3. The second-order valence-corrected chi connectivity index (χ2v) is 5.10. The average molecular weight is 290 g/mol. The number of hydrogen-bond acceptors (Lipinski definition) is 5. The van der Waals surface area contributed by atoms with E-state index in [0.717, 1.165) is 19.5 Å². The molecule has 0 fully saturated rings. The van der Waals surface area contributed by atoms with Crippen molar-refractivity contribution in [3.05, 3.63) is 40.7 Å². The van der Waals surface area contributed by atoms with Gasteiger partial charge in [0.2, 0.25) is 17.2 Å². The molecule has 6 heteroatoms. The van der Waals surface area contributed by atoms with E-state index in [0.29, 0.717) is 17.8 Å². The molecule has 1 heterocycles.